The van der Waals surface area contributed by atoms with Crippen molar-refractivity contribution in [3.63, 3.8) is 0 Å². The molecule has 3 aromatic rings. The number of benzene rings is 3. The Morgan fingerprint density at radius 1 is 1.08 bits per heavy atom. The highest BCUT2D eigenvalue weighted by molar-refractivity contribution is 6.32. The van der Waals surface area contributed by atoms with Gasteiger partial charge in [0.15, 0.2) is 0 Å². The highest BCUT2D eigenvalue weighted by atomic mass is 35.5. The van der Waals surface area contributed by atoms with Crippen molar-refractivity contribution in [3.05, 3.63) is 76.3 Å². The van der Waals surface area contributed by atoms with Gasteiger partial charge in [0.25, 0.3) is 5.91 Å². The number of fused-ring (bicyclic) bond motifs is 1. The van der Waals surface area contributed by atoms with Gasteiger partial charge in [0, 0.05) is 29.8 Å². The quantitative estimate of drug-likeness (QED) is 0.362. The number of halogens is 1. The van der Waals surface area contributed by atoms with E-state index < -0.39 is 11.9 Å². The van der Waals surface area contributed by atoms with Crippen LogP contribution in [0.3, 0.4) is 0 Å². The Morgan fingerprint density at radius 2 is 1.84 bits per heavy atom. The summed E-state index contributed by atoms with van der Waals surface area (Å²) in [6.45, 7) is 3.19. The maximum atomic E-state index is 12.6. The molecule has 0 saturated carbocycles. The molecule has 1 unspecified atom stereocenters. The molecule has 1 heterocycles. The fraction of sp³-hybridized carbons (Fsp3) is 0.286. The van der Waals surface area contributed by atoms with Crippen LogP contribution in [-0.4, -0.2) is 43.9 Å². The van der Waals surface area contributed by atoms with Gasteiger partial charge < -0.3 is 29.4 Å². The average Bonchev–Trinajstić information content (AvgIpc) is 2.90. The summed E-state index contributed by atoms with van der Waals surface area (Å²) in [5.41, 5.74) is 2.00. The van der Waals surface area contributed by atoms with Crippen LogP contribution in [0.5, 0.6) is 28.7 Å². The van der Waals surface area contributed by atoms with Crippen LogP contribution in [0.25, 0.3) is 0 Å². The molecule has 0 radical (unpaired) electrons. The second kappa shape index (κ2) is 11.9. The Bertz CT molecular complexity index is 1280. The summed E-state index contributed by atoms with van der Waals surface area (Å²) in [6, 6.07) is 15.5. The molecule has 1 atom stereocenters. The molecule has 1 aliphatic rings. The lowest BCUT2D eigenvalue weighted by Crippen LogP contribution is -2.25. The van der Waals surface area contributed by atoms with Crippen LogP contribution in [0.15, 0.2) is 54.6 Å². The number of ether oxygens (including phenoxy) is 4. The number of carbonyl (C=O) groups excluding carboxylic acids is 1. The van der Waals surface area contributed by atoms with Crippen molar-refractivity contribution in [2.75, 3.05) is 26.9 Å². The lowest BCUT2D eigenvalue weighted by molar-refractivity contribution is -0.139. The largest absolute Gasteiger partial charge is 0.497 e. The standard InChI is InChI=1S/C28H28ClNO7/c1-3-35-24-14-20(34-2)9-4-17(24)10-12-30-27(31)18-5-7-19(8-6-18)37-26-16-25-22(15-23(26)29)21(28(32)33)11-13-36-25/h4-9,14-16,21H,3,10-13H2,1-2H3,(H,30,31)(H,32,33). The van der Waals surface area contributed by atoms with Crippen LogP contribution in [0.2, 0.25) is 5.02 Å². The van der Waals surface area contributed by atoms with Gasteiger partial charge in [0.2, 0.25) is 0 Å². The van der Waals surface area contributed by atoms with Crippen molar-refractivity contribution in [1.29, 1.82) is 0 Å². The molecule has 0 aliphatic carbocycles. The van der Waals surface area contributed by atoms with E-state index in [1.54, 1.807) is 43.5 Å². The minimum Gasteiger partial charge on any atom is -0.497 e. The van der Waals surface area contributed by atoms with E-state index in [1.807, 2.05) is 25.1 Å². The Hall–Kier alpha value is -3.91. The first-order valence-corrected chi connectivity index (χ1v) is 12.3. The van der Waals surface area contributed by atoms with Gasteiger partial charge in [-0.05, 0) is 61.7 Å². The Labute approximate surface area is 220 Å². The normalized spacial score (nSPS) is 14.2. The predicted octanol–water partition coefficient (Wildman–Crippen LogP) is 5.46. The van der Waals surface area contributed by atoms with Crippen LogP contribution >= 0.6 is 11.6 Å². The summed E-state index contributed by atoms with van der Waals surface area (Å²) < 4.78 is 22.4. The molecule has 3 aromatic carbocycles. The van der Waals surface area contributed by atoms with E-state index in [4.69, 9.17) is 30.5 Å². The molecule has 2 N–H and O–H groups in total. The zero-order chi connectivity index (χ0) is 26.4. The topological polar surface area (TPSA) is 103 Å². The number of carboxylic acid groups (broad SMARTS) is 1. The molecule has 1 aliphatic heterocycles. The lowest BCUT2D eigenvalue weighted by atomic mass is 9.93. The first kappa shape index (κ1) is 26.2. The smallest absolute Gasteiger partial charge is 0.311 e. The van der Waals surface area contributed by atoms with Crippen LogP contribution in [-0.2, 0) is 11.2 Å². The lowest BCUT2D eigenvalue weighted by Gasteiger charge is -2.24. The summed E-state index contributed by atoms with van der Waals surface area (Å²) >= 11 is 6.36. The molecular weight excluding hydrogens is 498 g/mol. The summed E-state index contributed by atoms with van der Waals surface area (Å²) in [5, 5.41) is 12.6. The van der Waals surface area contributed by atoms with Crippen molar-refractivity contribution in [3.8, 4) is 28.7 Å². The van der Waals surface area contributed by atoms with E-state index in [2.05, 4.69) is 5.32 Å². The second-order valence-corrected chi connectivity index (χ2v) is 8.79. The number of nitrogens with one attached hydrogen (secondary N) is 1. The molecule has 194 valence electrons. The molecule has 9 heteroatoms. The van der Waals surface area contributed by atoms with Crippen molar-refractivity contribution >= 4 is 23.5 Å². The van der Waals surface area contributed by atoms with Gasteiger partial charge in [0.05, 0.1) is 31.3 Å². The molecule has 0 bridgehead atoms. The molecule has 0 fully saturated rings. The zero-order valence-electron chi connectivity index (χ0n) is 20.6. The number of carboxylic acids is 1. The van der Waals surface area contributed by atoms with Crippen LogP contribution in [0, 0.1) is 0 Å². The molecule has 0 spiro atoms. The number of rotatable bonds is 10. The van der Waals surface area contributed by atoms with Crippen molar-refractivity contribution in [2.45, 2.75) is 25.7 Å². The molecular formula is C28H28ClNO7. The molecule has 0 saturated heterocycles. The minimum atomic E-state index is -0.915. The average molecular weight is 526 g/mol. The van der Waals surface area contributed by atoms with Crippen molar-refractivity contribution in [2.24, 2.45) is 0 Å². The Morgan fingerprint density at radius 3 is 2.54 bits per heavy atom. The fourth-order valence-corrected chi connectivity index (χ4v) is 4.31. The highest BCUT2D eigenvalue weighted by Crippen LogP contribution is 2.41. The Balaban J connectivity index is 1.37. The molecule has 1 amide bonds. The number of carbonyl (C=O) groups is 2. The molecule has 0 aromatic heterocycles. The van der Waals surface area contributed by atoms with E-state index in [1.165, 1.54) is 0 Å². The SMILES string of the molecule is CCOc1cc(OC)ccc1CCNC(=O)c1ccc(Oc2cc3c(cc2Cl)C(C(=O)O)CCO3)cc1. The van der Waals surface area contributed by atoms with Gasteiger partial charge >= 0.3 is 5.97 Å². The first-order chi connectivity index (χ1) is 17.9. The third-order valence-electron chi connectivity index (χ3n) is 6.00. The number of hydrogen-bond acceptors (Lipinski definition) is 6. The monoisotopic (exact) mass is 525 g/mol. The number of amides is 1. The van der Waals surface area contributed by atoms with Crippen molar-refractivity contribution < 1.29 is 33.6 Å². The Kier molecular flexibility index (Phi) is 8.40. The molecule has 8 nitrogen and oxygen atoms in total. The maximum Gasteiger partial charge on any atom is 0.311 e. The van der Waals surface area contributed by atoms with E-state index in [0.717, 1.165) is 11.3 Å². The van der Waals surface area contributed by atoms with Gasteiger partial charge in [0.1, 0.15) is 28.7 Å². The van der Waals surface area contributed by atoms with Gasteiger partial charge in [-0.1, -0.05) is 17.7 Å². The summed E-state index contributed by atoms with van der Waals surface area (Å²) in [6.07, 6.45) is 0.990. The van der Waals surface area contributed by atoms with Gasteiger partial charge in [-0.2, -0.15) is 0 Å². The molecule has 37 heavy (non-hydrogen) atoms. The molecule has 4 rings (SSSR count). The first-order valence-electron chi connectivity index (χ1n) is 11.9. The number of hydrogen-bond donors (Lipinski definition) is 2. The second-order valence-electron chi connectivity index (χ2n) is 8.39. The zero-order valence-corrected chi connectivity index (χ0v) is 21.3. The van der Waals surface area contributed by atoms with Gasteiger partial charge in [-0.3, -0.25) is 9.59 Å². The van der Waals surface area contributed by atoms with E-state index in [9.17, 15) is 14.7 Å². The summed E-state index contributed by atoms with van der Waals surface area (Å²) in [4.78, 5) is 24.1. The van der Waals surface area contributed by atoms with Crippen LogP contribution < -0.4 is 24.3 Å². The van der Waals surface area contributed by atoms with Crippen LogP contribution in [0.1, 0.15) is 40.7 Å². The fourth-order valence-electron chi connectivity index (χ4n) is 4.10. The summed E-state index contributed by atoms with van der Waals surface area (Å²) in [5.74, 6) is 0.924. The highest BCUT2D eigenvalue weighted by Gasteiger charge is 2.29. The third-order valence-corrected chi connectivity index (χ3v) is 6.30. The number of aliphatic carboxylic acids is 1. The summed E-state index contributed by atoms with van der Waals surface area (Å²) in [7, 11) is 1.60. The number of methoxy groups -OCH3 is 1. The minimum absolute atomic E-state index is 0.210. The maximum absolute atomic E-state index is 12.6. The van der Waals surface area contributed by atoms with E-state index in [-0.39, 0.29) is 10.9 Å². The predicted molar refractivity (Wildman–Crippen MR) is 139 cm³/mol. The van der Waals surface area contributed by atoms with E-state index >= 15 is 0 Å². The van der Waals surface area contributed by atoms with Gasteiger partial charge in [-0.25, -0.2) is 0 Å². The van der Waals surface area contributed by atoms with E-state index in [0.29, 0.717) is 66.7 Å². The van der Waals surface area contributed by atoms with Crippen molar-refractivity contribution in [1.82, 2.24) is 5.32 Å². The van der Waals surface area contributed by atoms with Gasteiger partial charge in [-0.15, -0.1) is 0 Å². The third kappa shape index (κ3) is 6.27. The van der Waals surface area contributed by atoms with Crippen LogP contribution in [0.4, 0.5) is 0 Å².